The summed E-state index contributed by atoms with van der Waals surface area (Å²) >= 11 is 11.3. The Morgan fingerprint density at radius 1 is 1.45 bits per heavy atom. The molecule has 5 nitrogen and oxygen atoms in total. The summed E-state index contributed by atoms with van der Waals surface area (Å²) in [6.45, 7) is 6.72. The molecule has 1 amide bonds. The number of nitrogens with one attached hydrogen (secondary N) is 2. The van der Waals surface area contributed by atoms with Gasteiger partial charge in [-0.15, -0.1) is 0 Å². The molecule has 0 aliphatic heterocycles. The minimum atomic E-state index is -0.253. The lowest BCUT2D eigenvalue weighted by molar-refractivity contribution is 0.0922. The van der Waals surface area contributed by atoms with Crippen molar-refractivity contribution in [2.45, 2.75) is 33.4 Å². The van der Waals surface area contributed by atoms with Gasteiger partial charge in [-0.05, 0) is 37.2 Å². The molecule has 0 bridgehead atoms. The van der Waals surface area contributed by atoms with Gasteiger partial charge in [-0.3, -0.25) is 9.89 Å². The number of aromatic amines is 1. The zero-order valence-corrected chi connectivity index (χ0v) is 14.3. The van der Waals surface area contributed by atoms with Crippen LogP contribution in [0.3, 0.4) is 0 Å². The molecule has 0 aliphatic carbocycles. The van der Waals surface area contributed by atoms with Crippen molar-refractivity contribution < 1.29 is 4.79 Å². The van der Waals surface area contributed by atoms with Gasteiger partial charge >= 0.3 is 0 Å². The van der Waals surface area contributed by atoms with Crippen LogP contribution in [0.4, 0.5) is 0 Å². The van der Waals surface area contributed by atoms with Crippen LogP contribution in [0.5, 0.6) is 0 Å². The van der Waals surface area contributed by atoms with E-state index in [1.807, 2.05) is 25.3 Å². The van der Waals surface area contributed by atoms with Gasteiger partial charge < -0.3 is 9.88 Å². The van der Waals surface area contributed by atoms with Gasteiger partial charge in [-0.2, -0.15) is 5.10 Å². The Kier molecular flexibility index (Phi) is 5.37. The van der Waals surface area contributed by atoms with E-state index in [9.17, 15) is 4.79 Å². The normalized spacial score (nSPS) is 12.4. The summed E-state index contributed by atoms with van der Waals surface area (Å²) in [5, 5.41) is 10.5. The molecule has 1 heterocycles. The number of hydrogen-bond acceptors (Lipinski definition) is 3. The largest absolute Gasteiger partial charge is 0.342 e. The van der Waals surface area contributed by atoms with Gasteiger partial charge in [0.2, 0.25) is 0 Å². The zero-order chi connectivity index (χ0) is 16.3. The van der Waals surface area contributed by atoms with Crippen molar-refractivity contribution in [2.75, 3.05) is 0 Å². The second-order valence-electron chi connectivity index (χ2n) is 5.31. The van der Waals surface area contributed by atoms with Gasteiger partial charge in [-0.1, -0.05) is 37.6 Å². The zero-order valence-electron chi connectivity index (χ0n) is 12.8. The van der Waals surface area contributed by atoms with E-state index < -0.39 is 0 Å². The number of nitrogens with zero attached hydrogens (tertiary/aromatic N) is 2. The first-order valence-electron chi connectivity index (χ1n) is 7.16. The SMILES string of the molecule is CCn1c([C@H](NC(=O)c2ccccc2Cl)C(C)C)n[nH]c1=S. The van der Waals surface area contributed by atoms with Gasteiger partial charge in [0.25, 0.3) is 5.91 Å². The molecule has 7 heteroatoms. The number of aromatic nitrogens is 3. The van der Waals surface area contributed by atoms with Gasteiger partial charge in [0.15, 0.2) is 10.6 Å². The lowest BCUT2D eigenvalue weighted by atomic mass is 10.0. The number of rotatable bonds is 5. The molecule has 0 unspecified atom stereocenters. The van der Waals surface area contributed by atoms with Crippen LogP contribution < -0.4 is 5.32 Å². The highest BCUT2D eigenvalue weighted by molar-refractivity contribution is 7.71. The summed E-state index contributed by atoms with van der Waals surface area (Å²) in [5.74, 6) is 0.658. The molecule has 1 atom stereocenters. The molecule has 1 aromatic carbocycles. The molecule has 0 fully saturated rings. The quantitative estimate of drug-likeness (QED) is 0.816. The van der Waals surface area contributed by atoms with E-state index in [1.54, 1.807) is 24.3 Å². The van der Waals surface area contributed by atoms with Crippen molar-refractivity contribution in [1.82, 2.24) is 20.1 Å². The molecule has 0 aliphatic rings. The van der Waals surface area contributed by atoms with E-state index in [2.05, 4.69) is 15.5 Å². The second-order valence-corrected chi connectivity index (χ2v) is 6.10. The van der Waals surface area contributed by atoms with Gasteiger partial charge in [0.05, 0.1) is 16.6 Å². The first-order chi connectivity index (χ1) is 10.5. The average molecular weight is 339 g/mol. The first-order valence-corrected chi connectivity index (χ1v) is 7.94. The highest BCUT2D eigenvalue weighted by Gasteiger charge is 2.24. The highest BCUT2D eigenvalue weighted by atomic mass is 35.5. The van der Waals surface area contributed by atoms with Crippen LogP contribution in [-0.4, -0.2) is 20.7 Å². The molecule has 2 rings (SSSR count). The average Bonchev–Trinajstić information content (AvgIpc) is 2.85. The summed E-state index contributed by atoms with van der Waals surface area (Å²) in [4.78, 5) is 12.5. The number of carbonyl (C=O) groups is 1. The molecule has 118 valence electrons. The van der Waals surface area contributed by atoms with E-state index in [0.29, 0.717) is 21.9 Å². The molecule has 2 aromatic rings. The van der Waals surface area contributed by atoms with Gasteiger partial charge in [0, 0.05) is 6.54 Å². The van der Waals surface area contributed by atoms with Crippen LogP contribution >= 0.6 is 23.8 Å². The summed E-state index contributed by atoms with van der Waals surface area (Å²) < 4.78 is 2.43. The Morgan fingerprint density at radius 3 is 2.73 bits per heavy atom. The summed E-state index contributed by atoms with van der Waals surface area (Å²) in [6.07, 6.45) is 0. The van der Waals surface area contributed by atoms with E-state index in [0.717, 1.165) is 5.82 Å². The van der Waals surface area contributed by atoms with E-state index >= 15 is 0 Å². The third-order valence-corrected chi connectivity index (χ3v) is 4.10. The van der Waals surface area contributed by atoms with Crippen LogP contribution in [0.2, 0.25) is 5.02 Å². The molecule has 22 heavy (non-hydrogen) atoms. The lowest BCUT2D eigenvalue weighted by Gasteiger charge is -2.22. The van der Waals surface area contributed by atoms with Crippen molar-refractivity contribution in [1.29, 1.82) is 0 Å². The van der Waals surface area contributed by atoms with E-state index in [1.165, 1.54) is 0 Å². The number of benzene rings is 1. The molecule has 0 radical (unpaired) electrons. The minimum Gasteiger partial charge on any atom is -0.342 e. The minimum absolute atomic E-state index is 0.155. The van der Waals surface area contributed by atoms with Crippen LogP contribution in [0.25, 0.3) is 0 Å². The fourth-order valence-corrected chi connectivity index (χ4v) is 2.76. The maximum absolute atomic E-state index is 12.5. The monoisotopic (exact) mass is 338 g/mol. The topological polar surface area (TPSA) is 62.7 Å². The Labute approximate surface area is 139 Å². The van der Waals surface area contributed by atoms with Gasteiger partial charge in [0.1, 0.15) is 0 Å². The van der Waals surface area contributed by atoms with Crippen LogP contribution in [0.15, 0.2) is 24.3 Å². The summed E-state index contributed by atoms with van der Waals surface area (Å²) in [6, 6.07) is 6.72. The van der Waals surface area contributed by atoms with Crippen LogP contribution in [0, 0.1) is 10.7 Å². The predicted octanol–water partition coefficient (Wildman–Crippen LogP) is 3.74. The maximum atomic E-state index is 12.5. The fourth-order valence-electron chi connectivity index (χ4n) is 2.27. The Bertz CT molecular complexity index is 722. The molecule has 2 N–H and O–H groups in total. The second kappa shape index (κ2) is 7.07. The van der Waals surface area contributed by atoms with Crippen molar-refractivity contribution in [3.63, 3.8) is 0 Å². The van der Waals surface area contributed by atoms with Crippen molar-refractivity contribution in [3.8, 4) is 0 Å². The fraction of sp³-hybridized carbons (Fsp3) is 0.400. The van der Waals surface area contributed by atoms with Gasteiger partial charge in [-0.25, -0.2) is 0 Å². The third-order valence-electron chi connectivity index (χ3n) is 3.45. The first kappa shape index (κ1) is 16.7. The maximum Gasteiger partial charge on any atom is 0.253 e. The molecule has 0 spiro atoms. The number of carbonyl (C=O) groups excluding carboxylic acids is 1. The van der Waals surface area contributed by atoms with Crippen LogP contribution in [-0.2, 0) is 6.54 Å². The van der Waals surface area contributed by atoms with Crippen molar-refractivity contribution in [3.05, 3.63) is 45.4 Å². The third kappa shape index (κ3) is 3.39. The van der Waals surface area contributed by atoms with E-state index in [-0.39, 0.29) is 17.9 Å². The standard InChI is InChI=1S/C15H19ClN4OS/c1-4-20-13(18-19-15(20)22)12(9(2)3)17-14(21)10-7-5-6-8-11(10)16/h5-9,12H,4H2,1-3H3,(H,17,21)(H,19,22)/t12-/m1/s1. The Balaban J connectivity index is 2.32. The number of halogens is 1. The Morgan fingerprint density at radius 2 is 2.14 bits per heavy atom. The number of H-pyrrole nitrogens is 1. The molecular formula is C15H19ClN4OS. The summed E-state index contributed by atoms with van der Waals surface area (Å²) in [5.41, 5.74) is 0.451. The van der Waals surface area contributed by atoms with Crippen molar-refractivity contribution in [2.24, 2.45) is 5.92 Å². The van der Waals surface area contributed by atoms with Crippen LogP contribution in [0.1, 0.15) is 43.0 Å². The molecule has 1 aromatic heterocycles. The summed E-state index contributed by atoms with van der Waals surface area (Å²) in [7, 11) is 0. The molecule has 0 saturated heterocycles. The van der Waals surface area contributed by atoms with Crippen molar-refractivity contribution >= 4 is 29.7 Å². The number of amides is 1. The molecular weight excluding hydrogens is 320 g/mol. The molecule has 0 saturated carbocycles. The smallest absolute Gasteiger partial charge is 0.253 e. The lowest BCUT2D eigenvalue weighted by Crippen LogP contribution is -2.34. The van der Waals surface area contributed by atoms with E-state index in [4.69, 9.17) is 23.8 Å². The highest BCUT2D eigenvalue weighted by Crippen LogP contribution is 2.22. The Hall–Kier alpha value is -1.66. The predicted molar refractivity (Wildman–Crippen MR) is 89.6 cm³/mol. The number of hydrogen-bond donors (Lipinski definition) is 2.